The van der Waals surface area contributed by atoms with Crippen LogP contribution in [0.1, 0.15) is 35.9 Å². The van der Waals surface area contributed by atoms with E-state index in [4.69, 9.17) is 9.52 Å². The molecular formula is C11H17NO4. The predicted molar refractivity (Wildman–Crippen MR) is 58.3 cm³/mol. The Kier molecular flexibility index (Phi) is 5.01. The fourth-order valence-corrected chi connectivity index (χ4v) is 1.36. The van der Waals surface area contributed by atoms with Gasteiger partial charge in [0.05, 0.1) is 12.4 Å². The van der Waals surface area contributed by atoms with Gasteiger partial charge in [0, 0.05) is 12.1 Å². The number of hydrogen-bond acceptors (Lipinski definition) is 4. The summed E-state index contributed by atoms with van der Waals surface area (Å²) < 4.78 is 4.84. The Balaban J connectivity index is 2.32. The number of aliphatic hydroxyl groups excluding tert-OH is 1. The lowest BCUT2D eigenvalue weighted by atomic mass is 10.2. The molecule has 0 amide bonds. The van der Waals surface area contributed by atoms with Gasteiger partial charge in [0.2, 0.25) is 5.76 Å². The molecule has 1 atom stereocenters. The quantitative estimate of drug-likeness (QED) is 0.610. The highest BCUT2D eigenvalue weighted by atomic mass is 16.4. The van der Waals surface area contributed by atoms with Crippen molar-refractivity contribution in [2.45, 2.75) is 32.4 Å². The molecule has 0 aliphatic heterocycles. The third-order valence-corrected chi connectivity index (χ3v) is 2.38. The molecule has 0 aliphatic rings. The Morgan fingerprint density at radius 2 is 2.38 bits per heavy atom. The van der Waals surface area contributed by atoms with Crippen molar-refractivity contribution in [3.8, 4) is 0 Å². The van der Waals surface area contributed by atoms with Crippen LogP contribution in [0.15, 0.2) is 16.7 Å². The topological polar surface area (TPSA) is 82.7 Å². The van der Waals surface area contributed by atoms with E-state index in [1.54, 1.807) is 6.07 Å². The number of rotatable bonds is 7. The zero-order chi connectivity index (χ0) is 12.0. The molecule has 5 heteroatoms. The Bertz CT molecular complexity index is 334. The van der Waals surface area contributed by atoms with Gasteiger partial charge in [-0.05, 0) is 25.5 Å². The van der Waals surface area contributed by atoms with Crippen LogP contribution in [-0.2, 0) is 6.54 Å². The van der Waals surface area contributed by atoms with Gasteiger partial charge in [-0.15, -0.1) is 0 Å². The summed E-state index contributed by atoms with van der Waals surface area (Å²) in [6.07, 6.45) is 2.46. The molecule has 1 aromatic heterocycles. The van der Waals surface area contributed by atoms with E-state index in [-0.39, 0.29) is 11.9 Å². The monoisotopic (exact) mass is 227 g/mol. The smallest absolute Gasteiger partial charge is 0.372 e. The minimum absolute atomic E-state index is 0.0245. The normalized spacial score (nSPS) is 12.6. The van der Waals surface area contributed by atoms with Crippen molar-refractivity contribution in [3.63, 3.8) is 0 Å². The Hall–Kier alpha value is -1.33. The first-order valence-electron chi connectivity index (χ1n) is 5.33. The SMILES string of the molecule is CCC(O)CCNCc1ccoc1C(=O)O. The van der Waals surface area contributed by atoms with Crippen molar-refractivity contribution in [1.29, 1.82) is 0 Å². The van der Waals surface area contributed by atoms with Gasteiger partial charge in [-0.25, -0.2) is 4.79 Å². The van der Waals surface area contributed by atoms with Gasteiger partial charge < -0.3 is 19.9 Å². The van der Waals surface area contributed by atoms with Gasteiger partial charge in [0.25, 0.3) is 0 Å². The van der Waals surface area contributed by atoms with Crippen molar-refractivity contribution < 1.29 is 19.4 Å². The summed E-state index contributed by atoms with van der Waals surface area (Å²) >= 11 is 0. The standard InChI is InChI=1S/C11H17NO4/c1-2-9(13)3-5-12-7-8-4-6-16-10(8)11(14)15/h4,6,9,12-13H,2-3,5,7H2,1H3,(H,14,15). The van der Waals surface area contributed by atoms with Gasteiger partial charge in [-0.3, -0.25) is 0 Å². The lowest BCUT2D eigenvalue weighted by Gasteiger charge is -2.08. The summed E-state index contributed by atoms with van der Waals surface area (Å²) in [5, 5.41) is 21.1. The number of aliphatic hydroxyl groups is 1. The van der Waals surface area contributed by atoms with E-state index in [0.29, 0.717) is 25.1 Å². The molecule has 0 saturated heterocycles. The highest BCUT2D eigenvalue weighted by Gasteiger charge is 2.13. The summed E-state index contributed by atoms with van der Waals surface area (Å²) in [5.41, 5.74) is 0.624. The maximum Gasteiger partial charge on any atom is 0.372 e. The molecule has 0 saturated carbocycles. The largest absolute Gasteiger partial charge is 0.475 e. The minimum Gasteiger partial charge on any atom is -0.475 e. The van der Waals surface area contributed by atoms with Crippen molar-refractivity contribution in [2.24, 2.45) is 0 Å². The Morgan fingerprint density at radius 1 is 1.62 bits per heavy atom. The first-order chi connectivity index (χ1) is 7.65. The fraction of sp³-hybridized carbons (Fsp3) is 0.545. The zero-order valence-corrected chi connectivity index (χ0v) is 9.27. The molecule has 5 nitrogen and oxygen atoms in total. The molecule has 90 valence electrons. The number of hydrogen-bond donors (Lipinski definition) is 3. The third kappa shape index (κ3) is 3.67. The number of carboxylic acid groups (broad SMARTS) is 1. The summed E-state index contributed by atoms with van der Waals surface area (Å²) in [6, 6.07) is 1.63. The van der Waals surface area contributed by atoms with E-state index in [0.717, 1.165) is 6.42 Å². The van der Waals surface area contributed by atoms with Gasteiger partial charge in [0.15, 0.2) is 0 Å². The molecule has 0 bridgehead atoms. The van der Waals surface area contributed by atoms with E-state index in [9.17, 15) is 9.90 Å². The Labute approximate surface area is 94.1 Å². The average molecular weight is 227 g/mol. The van der Waals surface area contributed by atoms with Crippen LogP contribution < -0.4 is 5.32 Å². The summed E-state index contributed by atoms with van der Waals surface area (Å²) in [6.45, 7) is 3.01. The van der Waals surface area contributed by atoms with Crippen LogP contribution in [0.4, 0.5) is 0 Å². The van der Waals surface area contributed by atoms with Crippen molar-refractivity contribution in [2.75, 3.05) is 6.54 Å². The lowest BCUT2D eigenvalue weighted by molar-refractivity contribution is 0.0660. The van der Waals surface area contributed by atoms with Crippen LogP contribution >= 0.6 is 0 Å². The maximum absolute atomic E-state index is 10.7. The summed E-state index contributed by atoms with van der Waals surface area (Å²) in [4.78, 5) is 10.7. The Morgan fingerprint density at radius 3 is 3.00 bits per heavy atom. The van der Waals surface area contributed by atoms with E-state index >= 15 is 0 Å². The number of carboxylic acids is 1. The van der Waals surface area contributed by atoms with E-state index < -0.39 is 5.97 Å². The molecule has 0 aromatic carbocycles. The average Bonchev–Trinajstić information content (AvgIpc) is 2.72. The molecule has 1 aromatic rings. The molecule has 0 radical (unpaired) electrons. The molecular weight excluding hydrogens is 210 g/mol. The van der Waals surface area contributed by atoms with Crippen LogP contribution in [0.25, 0.3) is 0 Å². The first-order valence-corrected chi connectivity index (χ1v) is 5.33. The zero-order valence-electron chi connectivity index (χ0n) is 9.27. The van der Waals surface area contributed by atoms with Crippen LogP contribution in [0.3, 0.4) is 0 Å². The highest BCUT2D eigenvalue weighted by Crippen LogP contribution is 2.09. The number of furan rings is 1. The molecule has 1 rings (SSSR count). The first kappa shape index (κ1) is 12.7. The second kappa shape index (κ2) is 6.30. The van der Waals surface area contributed by atoms with Crippen LogP contribution in [0.5, 0.6) is 0 Å². The van der Waals surface area contributed by atoms with Gasteiger partial charge in [-0.1, -0.05) is 6.92 Å². The van der Waals surface area contributed by atoms with Gasteiger partial charge >= 0.3 is 5.97 Å². The molecule has 0 spiro atoms. The van der Waals surface area contributed by atoms with Crippen LogP contribution in [0, 0.1) is 0 Å². The highest BCUT2D eigenvalue weighted by molar-refractivity contribution is 5.86. The number of carbonyl (C=O) groups is 1. The van der Waals surface area contributed by atoms with Gasteiger partial charge in [0.1, 0.15) is 0 Å². The molecule has 0 fully saturated rings. The summed E-state index contributed by atoms with van der Waals surface area (Å²) in [5.74, 6) is -1.08. The second-order valence-corrected chi connectivity index (χ2v) is 3.61. The minimum atomic E-state index is -1.06. The molecule has 1 heterocycles. The number of aromatic carboxylic acids is 1. The summed E-state index contributed by atoms with van der Waals surface area (Å²) in [7, 11) is 0. The van der Waals surface area contributed by atoms with E-state index in [2.05, 4.69) is 5.32 Å². The fourth-order valence-electron chi connectivity index (χ4n) is 1.36. The van der Waals surface area contributed by atoms with E-state index in [1.165, 1.54) is 6.26 Å². The second-order valence-electron chi connectivity index (χ2n) is 3.61. The third-order valence-electron chi connectivity index (χ3n) is 2.38. The van der Waals surface area contributed by atoms with Crippen molar-refractivity contribution in [3.05, 3.63) is 23.7 Å². The predicted octanol–water partition coefficient (Wildman–Crippen LogP) is 1.23. The van der Waals surface area contributed by atoms with Gasteiger partial charge in [-0.2, -0.15) is 0 Å². The van der Waals surface area contributed by atoms with Crippen molar-refractivity contribution >= 4 is 5.97 Å². The van der Waals surface area contributed by atoms with Crippen molar-refractivity contribution in [1.82, 2.24) is 5.32 Å². The van der Waals surface area contributed by atoms with E-state index in [1.807, 2.05) is 6.92 Å². The number of nitrogens with one attached hydrogen (secondary N) is 1. The molecule has 16 heavy (non-hydrogen) atoms. The maximum atomic E-state index is 10.7. The molecule has 1 unspecified atom stereocenters. The molecule has 3 N–H and O–H groups in total. The lowest BCUT2D eigenvalue weighted by Crippen LogP contribution is -2.20. The van der Waals surface area contributed by atoms with Crippen LogP contribution in [0.2, 0.25) is 0 Å². The van der Waals surface area contributed by atoms with Crippen LogP contribution in [-0.4, -0.2) is 28.8 Å². The molecule has 0 aliphatic carbocycles.